The fourth-order valence-corrected chi connectivity index (χ4v) is 2.61. The lowest BCUT2D eigenvalue weighted by molar-refractivity contribution is -0.386. The molecule has 0 aromatic heterocycles. The van der Waals surface area contributed by atoms with E-state index in [0.29, 0.717) is 37.2 Å². The van der Waals surface area contributed by atoms with Gasteiger partial charge in [-0.25, -0.2) is 0 Å². The summed E-state index contributed by atoms with van der Waals surface area (Å²) in [7, 11) is 0. The number of nitro groups is 1. The monoisotopic (exact) mass is 294 g/mol. The van der Waals surface area contributed by atoms with E-state index in [2.05, 4.69) is 5.32 Å². The second-order valence-corrected chi connectivity index (χ2v) is 5.22. The lowest BCUT2D eigenvalue weighted by atomic mass is 10.1. The van der Waals surface area contributed by atoms with Gasteiger partial charge >= 0.3 is 5.69 Å². The van der Waals surface area contributed by atoms with Crippen LogP contribution in [0.25, 0.3) is 0 Å². The second-order valence-electron chi connectivity index (χ2n) is 5.22. The van der Waals surface area contributed by atoms with Gasteiger partial charge < -0.3 is 19.5 Å². The maximum atomic E-state index is 11.1. The maximum absolute atomic E-state index is 11.1. The van der Waals surface area contributed by atoms with E-state index in [-0.39, 0.29) is 11.4 Å². The number of hydrogen-bond acceptors (Lipinski definition) is 6. The van der Waals surface area contributed by atoms with Gasteiger partial charge in [-0.05, 0) is 31.8 Å². The number of benzene rings is 1. The molecule has 1 fully saturated rings. The topological polar surface area (TPSA) is 82.9 Å². The molecule has 2 aliphatic rings. The molecule has 7 nitrogen and oxygen atoms in total. The van der Waals surface area contributed by atoms with E-state index in [1.165, 1.54) is 6.07 Å². The third kappa shape index (κ3) is 3.18. The third-order valence-corrected chi connectivity index (χ3v) is 3.77. The minimum absolute atomic E-state index is 0.0798. The number of rotatable bonds is 5. The minimum atomic E-state index is -0.454. The maximum Gasteiger partial charge on any atom is 0.314 e. The summed E-state index contributed by atoms with van der Waals surface area (Å²) < 4.78 is 16.4. The first-order valence-corrected chi connectivity index (χ1v) is 7.15. The van der Waals surface area contributed by atoms with Crippen LogP contribution in [0.3, 0.4) is 0 Å². The van der Waals surface area contributed by atoms with Crippen molar-refractivity contribution in [1.29, 1.82) is 0 Å². The van der Waals surface area contributed by atoms with Crippen molar-refractivity contribution in [2.24, 2.45) is 5.92 Å². The molecule has 1 unspecified atom stereocenters. The zero-order valence-electron chi connectivity index (χ0n) is 11.7. The molecule has 1 aromatic rings. The van der Waals surface area contributed by atoms with Crippen molar-refractivity contribution in [1.82, 2.24) is 5.32 Å². The van der Waals surface area contributed by atoms with Crippen LogP contribution in [0.15, 0.2) is 12.1 Å². The van der Waals surface area contributed by atoms with Crippen molar-refractivity contribution in [2.45, 2.75) is 12.8 Å². The van der Waals surface area contributed by atoms with Crippen molar-refractivity contribution < 1.29 is 19.1 Å². The molecule has 0 radical (unpaired) electrons. The molecule has 3 rings (SSSR count). The molecular formula is C14H18N2O5. The van der Waals surface area contributed by atoms with E-state index in [1.54, 1.807) is 6.07 Å². The summed E-state index contributed by atoms with van der Waals surface area (Å²) in [6.07, 6.45) is 2.02. The highest BCUT2D eigenvalue weighted by Crippen LogP contribution is 2.40. The Kier molecular flexibility index (Phi) is 4.10. The normalized spacial score (nSPS) is 20.3. The fraction of sp³-hybridized carbons (Fsp3) is 0.571. The molecular weight excluding hydrogens is 276 g/mol. The SMILES string of the molecule is O=[N+]([O-])c1cc2c(cc1OCCC1CCNC1)OCCO2. The Labute approximate surface area is 122 Å². The van der Waals surface area contributed by atoms with Crippen LogP contribution in [-0.4, -0.2) is 37.8 Å². The van der Waals surface area contributed by atoms with Crippen molar-refractivity contribution in [3.63, 3.8) is 0 Å². The molecule has 0 spiro atoms. The summed E-state index contributed by atoms with van der Waals surface area (Å²) in [5.74, 6) is 1.74. The summed E-state index contributed by atoms with van der Waals surface area (Å²) in [5, 5.41) is 14.4. The van der Waals surface area contributed by atoms with Gasteiger partial charge in [-0.2, -0.15) is 0 Å². The van der Waals surface area contributed by atoms with E-state index >= 15 is 0 Å². The Bertz CT molecular complexity index is 528. The van der Waals surface area contributed by atoms with E-state index in [1.807, 2.05) is 0 Å². The first-order chi connectivity index (χ1) is 10.2. The highest BCUT2D eigenvalue weighted by molar-refractivity contribution is 5.58. The van der Waals surface area contributed by atoms with Crippen molar-refractivity contribution >= 4 is 5.69 Å². The Morgan fingerprint density at radius 2 is 2.10 bits per heavy atom. The van der Waals surface area contributed by atoms with Gasteiger partial charge in [0.05, 0.1) is 17.6 Å². The lowest BCUT2D eigenvalue weighted by Crippen LogP contribution is -2.16. The molecule has 1 atom stereocenters. The van der Waals surface area contributed by atoms with Crippen LogP contribution in [0.4, 0.5) is 5.69 Å². The molecule has 114 valence electrons. The van der Waals surface area contributed by atoms with Gasteiger partial charge in [0.25, 0.3) is 0 Å². The molecule has 0 aliphatic carbocycles. The van der Waals surface area contributed by atoms with Crippen LogP contribution in [0, 0.1) is 16.0 Å². The van der Waals surface area contributed by atoms with Crippen molar-refractivity contribution in [2.75, 3.05) is 32.9 Å². The van der Waals surface area contributed by atoms with Gasteiger partial charge in [0.15, 0.2) is 11.5 Å². The van der Waals surface area contributed by atoms with Gasteiger partial charge in [-0.3, -0.25) is 10.1 Å². The molecule has 1 aromatic carbocycles. The van der Waals surface area contributed by atoms with E-state index in [4.69, 9.17) is 14.2 Å². The predicted molar refractivity (Wildman–Crippen MR) is 75.2 cm³/mol. The van der Waals surface area contributed by atoms with Crippen LogP contribution in [-0.2, 0) is 0 Å². The Morgan fingerprint density at radius 1 is 1.33 bits per heavy atom. The number of hydrogen-bond donors (Lipinski definition) is 1. The molecule has 1 saturated heterocycles. The van der Waals surface area contributed by atoms with E-state index < -0.39 is 4.92 Å². The summed E-state index contributed by atoms with van der Waals surface area (Å²) >= 11 is 0. The Hall–Kier alpha value is -2.02. The predicted octanol–water partition coefficient (Wildman–Crippen LogP) is 1.74. The summed E-state index contributed by atoms with van der Waals surface area (Å²) in [5.41, 5.74) is -0.0798. The van der Waals surface area contributed by atoms with E-state index in [9.17, 15) is 10.1 Å². The Balaban J connectivity index is 1.71. The number of nitrogens with one attached hydrogen (secondary N) is 1. The van der Waals surface area contributed by atoms with Gasteiger partial charge in [-0.1, -0.05) is 0 Å². The van der Waals surface area contributed by atoms with Crippen LogP contribution >= 0.6 is 0 Å². The number of nitro benzene ring substituents is 1. The molecule has 7 heteroatoms. The van der Waals surface area contributed by atoms with Gasteiger partial charge in [-0.15, -0.1) is 0 Å². The first kappa shape index (κ1) is 13.9. The quantitative estimate of drug-likeness (QED) is 0.658. The average molecular weight is 294 g/mol. The van der Waals surface area contributed by atoms with Gasteiger partial charge in [0.1, 0.15) is 13.2 Å². The van der Waals surface area contributed by atoms with Gasteiger partial charge in [0.2, 0.25) is 5.75 Å². The number of nitrogens with zero attached hydrogens (tertiary/aromatic N) is 1. The van der Waals surface area contributed by atoms with Crippen LogP contribution in [0.5, 0.6) is 17.2 Å². The van der Waals surface area contributed by atoms with Gasteiger partial charge in [0, 0.05) is 6.07 Å². The second kappa shape index (κ2) is 6.17. The molecule has 2 aliphatic heterocycles. The molecule has 1 N–H and O–H groups in total. The van der Waals surface area contributed by atoms with Crippen LogP contribution < -0.4 is 19.5 Å². The van der Waals surface area contributed by atoms with Crippen molar-refractivity contribution in [3.8, 4) is 17.2 Å². The molecule has 0 saturated carbocycles. The summed E-state index contributed by atoms with van der Waals surface area (Å²) in [6, 6.07) is 2.93. The molecule has 0 bridgehead atoms. The first-order valence-electron chi connectivity index (χ1n) is 7.15. The largest absolute Gasteiger partial charge is 0.487 e. The summed E-state index contributed by atoms with van der Waals surface area (Å²) in [4.78, 5) is 10.7. The fourth-order valence-electron chi connectivity index (χ4n) is 2.61. The average Bonchev–Trinajstić information content (AvgIpc) is 2.99. The summed E-state index contributed by atoms with van der Waals surface area (Å²) in [6.45, 7) is 3.34. The number of ether oxygens (including phenoxy) is 3. The standard InChI is InChI=1S/C14H18N2O5/c17-16(18)11-7-13-14(21-6-5-20-13)8-12(11)19-4-2-10-1-3-15-9-10/h7-8,10,15H,1-6,9H2. The molecule has 21 heavy (non-hydrogen) atoms. The highest BCUT2D eigenvalue weighted by Gasteiger charge is 2.24. The smallest absolute Gasteiger partial charge is 0.314 e. The third-order valence-electron chi connectivity index (χ3n) is 3.77. The van der Waals surface area contributed by atoms with Crippen molar-refractivity contribution in [3.05, 3.63) is 22.2 Å². The molecule has 2 heterocycles. The zero-order valence-corrected chi connectivity index (χ0v) is 11.7. The van der Waals surface area contributed by atoms with E-state index in [0.717, 1.165) is 25.9 Å². The highest BCUT2D eigenvalue weighted by atomic mass is 16.6. The van der Waals surface area contributed by atoms with Crippen LogP contribution in [0.1, 0.15) is 12.8 Å². The van der Waals surface area contributed by atoms with Crippen LogP contribution in [0.2, 0.25) is 0 Å². The lowest BCUT2D eigenvalue weighted by Gasteiger charge is -2.19. The Morgan fingerprint density at radius 3 is 2.76 bits per heavy atom. The minimum Gasteiger partial charge on any atom is -0.487 e. The number of fused-ring (bicyclic) bond motifs is 1. The molecule has 0 amide bonds. The zero-order chi connectivity index (χ0) is 14.7.